The van der Waals surface area contributed by atoms with Gasteiger partial charge in [0.15, 0.2) is 0 Å². The summed E-state index contributed by atoms with van der Waals surface area (Å²) in [7, 11) is 1.55. The van der Waals surface area contributed by atoms with Crippen molar-refractivity contribution in [1.82, 2.24) is 5.32 Å². The van der Waals surface area contributed by atoms with Gasteiger partial charge in [0.25, 0.3) is 0 Å². The van der Waals surface area contributed by atoms with Crippen LogP contribution in [0.3, 0.4) is 0 Å². The standard InChI is InChI=1S/C14H20N2O2/c1-10(6-11(2)17)16-9-12-4-5-14(18-3)13(7-12)8-15/h4-5,7,10-11,16-17H,6,9H2,1-3H3. The van der Waals surface area contributed by atoms with Crippen LogP contribution in [0, 0.1) is 11.3 Å². The van der Waals surface area contributed by atoms with Crippen LogP contribution in [0.2, 0.25) is 0 Å². The average Bonchev–Trinajstić information content (AvgIpc) is 2.35. The number of methoxy groups -OCH3 is 1. The Balaban J connectivity index is 2.61. The summed E-state index contributed by atoms with van der Waals surface area (Å²) in [5.74, 6) is 0.596. The van der Waals surface area contributed by atoms with Crippen LogP contribution in [-0.4, -0.2) is 24.4 Å². The lowest BCUT2D eigenvalue weighted by Crippen LogP contribution is -2.28. The van der Waals surface area contributed by atoms with Crippen molar-refractivity contribution < 1.29 is 9.84 Å². The van der Waals surface area contributed by atoms with E-state index in [2.05, 4.69) is 11.4 Å². The van der Waals surface area contributed by atoms with Gasteiger partial charge >= 0.3 is 0 Å². The Morgan fingerprint density at radius 2 is 2.17 bits per heavy atom. The third kappa shape index (κ3) is 4.36. The van der Waals surface area contributed by atoms with Crippen molar-refractivity contribution >= 4 is 0 Å². The molecule has 2 atom stereocenters. The van der Waals surface area contributed by atoms with Gasteiger partial charge in [-0.3, -0.25) is 0 Å². The van der Waals surface area contributed by atoms with E-state index in [-0.39, 0.29) is 12.1 Å². The van der Waals surface area contributed by atoms with Gasteiger partial charge < -0.3 is 15.2 Å². The fourth-order valence-electron chi connectivity index (χ4n) is 1.84. The molecule has 2 unspecified atom stereocenters. The Morgan fingerprint density at radius 3 is 2.72 bits per heavy atom. The molecule has 0 amide bonds. The Morgan fingerprint density at radius 1 is 1.44 bits per heavy atom. The minimum Gasteiger partial charge on any atom is -0.495 e. The lowest BCUT2D eigenvalue weighted by molar-refractivity contribution is 0.170. The number of nitriles is 1. The molecular weight excluding hydrogens is 228 g/mol. The highest BCUT2D eigenvalue weighted by Gasteiger charge is 2.07. The van der Waals surface area contributed by atoms with E-state index in [0.29, 0.717) is 24.3 Å². The van der Waals surface area contributed by atoms with Crippen LogP contribution in [0.25, 0.3) is 0 Å². The van der Waals surface area contributed by atoms with Crippen molar-refractivity contribution in [3.8, 4) is 11.8 Å². The maximum absolute atomic E-state index is 9.27. The molecule has 0 fully saturated rings. The maximum Gasteiger partial charge on any atom is 0.136 e. The SMILES string of the molecule is COc1ccc(CNC(C)CC(C)O)cc1C#N. The summed E-state index contributed by atoms with van der Waals surface area (Å²) in [4.78, 5) is 0. The Bertz CT molecular complexity index is 424. The molecule has 0 radical (unpaired) electrons. The third-order valence-corrected chi connectivity index (χ3v) is 2.73. The van der Waals surface area contributed by atoms with Crippen molar-refractivity contribution in [1.29, 1.82) is 5.26 Å². The maximum atomic E-state index is 9.27. The highest BCUT2D eigenvalue weighted by atomic mass is 16.5. The lowest BCUT2D eigenvalue weighted by Gasteiger charge is -2.15. The summed E-state index contributed by atoms with van der Waals surface area (Å²) in [6.45, 7) is 4.48. The van der Waals surface area contributed by atoms with Crippen LogP contribution >= 0.6 is 0 Å². The molecule has 1 aromatic rings. The Labute approximate surface area is 108 Å². The monoisotopic (exact) mass is 248 g/mol. The topological polar surface area (TPSA) is 65.3 Å². The molecule has 0 aromatic heterocycles. The summed E-state index contributed by atoms with van der Waals surface area (Å²) in [5, 5.41) is 21.6. The first-order valence-corrected chi connectivity index (χ1v) is 6.05. The van der Waals surface area contributed by atoms with E-state index in [1.54, 1.807) is 20.1 Å². The molecule has 0 aliphatic carbocycles. The highest BCUT2D eigenvalue weighted by molar-refractivity contribution is 5.45. The average molecular weight is 248 g/mol. The number of benzene rings is 1. The molecule has 18 heavy (non-hydrogen) atoms. The Hall–Kier alpha value is -1.57. The van der Waals surface area contributed by atoms with Crippen LogP contribution < -0.4 is 10.1 Å². The van der Waals surface area contributed by atoms with Gasteiger partial charge in [-0.1, -0.05) is 6.07 Å². The van der Waals surface area contributed by atoms with Gasteiger partial charge in [-0.25, -0.2) is 0 Å². The van der Waals surface area contributed by atoms with Gasteiger partial charge in [-0.2, -0.15) is 5.26 Å². The minimum atomic E-state index is -0.307. The first-order valence-electron chi connectivity index (χ1n) is 6.05. The Kier molecular flexibility index (Phi) is 5.63. The van der Waals surface area contributed by atoms with Crippen LogP contribution in [0.1, 0.15) is 31.4 Å². The van der Waals surface area contributed by atoms with Gasteiger partial charge in [0.2, 0.25) is 0 Å². The molecule has 1 aromatic carbocycles. The van der Waals surface area contributed by atoms with Crippen molar-refractivity contribution in [3.05, 3.63) is 29.3 Å². The summed E-state index contributed by atoms with van der Waals surface area (Å²) < 4.78 is 5.09. The molecular formula is C14H20N2O2. The number of ether oxygens (including phenoxy) is 1. The summed E-state index contributed by atoms with van der Waals surface area (Å²) in [6, 6.07) is 7.90. The molecule has 0 saturated heterocycles. The van der Waals surface area contributed by atoms with Crippen LogP contribution in [0.15, 0.2) is 18.2 Å². The van der Waals surface area contributed by atoms with E-state index in [1.165, 1.54) is 0 Å². The zero-order chi connectivity index (χ0) is 13.5. The molecule has 4 nitrogen and oxygen atoms in total. The van der Waals surface area contributed by atoms with E-state index in [9.17, 15) is 5.11 Å². The predicted octanol–water partition coefficient (Wildman–Crippen LogP) is 1.82. The number of hydrogen-bond acceptors (Lipinski definition) is 4. The zero-order valence-electron chi connectivity index (χ0n) is 11.1. The summed E-state index contributed by atoms with van der Waals surface area (Å²) >= 11 is 0. The van der Waals surface area contributed by atoms with E-state index in [0.717, 1.165) is 5.56 Å². The zero-order valence-corrected chi connectivity index (χ0v) is 11.1. The molecule has 4 heteroatoms. The van der Waals surface area contributed by atoms with E-state index >= 15 is 0 Å². The van der Waals surface area contributed by atoms with Gasteiger partial charge in [0, 0.05) is 12.6 Å². The van der Waals surface area contributed by atoms with E-state index in [1.807, 2.05) is 19.1 Å². The smallest absolute Gasteiger partial charge is 0.136 e. The predicted molar refractivity (Wildman–Crippen MR) is 70.3 cm³/mol. The van der Waals surface area contributed by atoms with E-state index < -0.39 is 0 Å². The molecule has 0 aliphatic heterocycles. The van der Waals surface area contributed by atoms with Gasteiger partial charge in [0.05, 0.1) is 18.8 Å². The third-order valence-electron chi connectivity index (χ3n) is 2.73. The largest absolute Gasteiger partial charge is 0.495 e. The number of nitrogens with one attached hydrogen (secondary N) is 1. The quantitative estimate of drug-likeness (QED) is 0.806. The molecule has 0 spiro atoms. The van der Waals surface area contributed by atoms with Crippen LogP contribution in [-0.2, 0) is 6.54 Å². The second kappa shape index (κ2) is 7.00. The van der Waals surface area contributed by atoms with Crippen LogP contribution in [0.5, 0.6) is 5.75 Å². The fourth-order valence-corrected chi connectivity index (χ4v) is 1.84. The van der Waals surface area contributed by atoms with Gasteiger partial charge in [0.1, 0.15) is 11.8 Å². The number of rotatable bonds is 6. The number of nitrogens with zero attached hydrogens (tertiary/aromatic N) is 1. The van der Waals surface area contributed by atoms with Crippen molar-refractivity contribution in [2.75, 3.05) is 7.11 Å². The lowest BCUT2D eigenvalue weighted by atomic mass is 10.1. The van der Waals surface area contributed by atoms with Crippen molar-refractivity contribution in [2.24, 2.45) is 0 Å². The number of hydrogen-bond donors (Lipinski definition) is 2. The first-order chi connectivity index (χ1) is 8.56. The fraction of sp³-hybridized carbons (Fsp3) is 0.500. The van der Waals surface area contributed by atoms with Gasteiger partial charge in [-0.15, -0.1) is 0 Å². The summed E-state index contributed by atoms with van der Waals surface area (Å²) in [6.07, 6.45) is 0.402. The van der Waals surface area contributed by atoms with E-state index in [4.69, 9.17) is 10.00 Å². The summed E-state index contributed by atoms with van der Waals surface area (Å²) in [5.41, 5.74) is 1.57. The second-order valence-electron chi connectivity index (χ2n) is 4.51. The first kappa shape index (κ1) is 14.5. The molecule has 98 valence electrons. The molecule has 2 N–H and O–H groups in total. The molecule has 0 aliphatic rings. The molecule has 1 rings (SSSR count). The molecule has 0 heterocycles. The number of aliphatic hydroxyl groups is 1. The molecule has 0 bridgehead atoms. The minimum absolute atomic E-state index is 0.234. The highest BCUT2D eigenvalue weighted by Crippen LogP contribution is 2.18. The van der Waals surface area contributed by atoms with Crippen molar-refractivity contribution in [3.63, 3.8) is 0 Å². The molecule has 0 saturated carbocycles. The van der Waals surface area contributed by atoms with Crippen LogP contribution in [0.4, 0.5) is 0 Å². The van der Waals surface area contributed by atoms with Gasteiger partial charge in [-0.05, 0) is 38.0 Å². The normalized spacial score (nSPS) is 13.7. The second-order valence-corrected chi connectivity index (χ2v) is 4.51. The number of aliphatic hydroxyl groups excluding tert-OH is 1. The van der Waals surface area contributed by atoms with Crippen molar-refractivity contribution in [2.45, 2.75) is 39.0 Å².